The molecule has 0 saturated heterocycles. The summed E-state index contributed by atoms with van der Waals surface area (Å²) in [4.78, 5) is 12.0. The summed E-state index contributed by atoms with van der Waals surface area (Å²) < 4.78 is 37.2. The Morgan fingerprint density at radius 3 is 2.31 bits per heavy atom. The minimum Gasteiger partial charge on any atom is -0.481 e. The summed E-state index contributed by atoms with van der Waals surface area (Å²) in [5.41, 5.74) is 0. The molecule has 0 aliphatic heterocycles. The molecule has 0 aromatic carbocycles. The predicted molar refractivity (Wildman–Crippen MR) is 52.0 cm³/mol. The molecule has 0 spiro atoms. The van der Waals surface area contributed by atoms with E-state index in [0.29, 0.717) is 5.92 Å². The van der Waals surface area contributed by atoms with Crippen LogP contribution in [0.25, 0.3) is 0 Å². The lowest BCUT2D eigenvalue weighted by Gasteiger charge is -2.28. The maximum Gasteiger partial charge on any atom is 0.403 e. The number of hydrogen-bond donors (Lipinski definition) is 1. The third kappa shape index (κ3) is 3.37. The number of carbonyl (C=O) groups is 1. The van der Waals surface area contributed by atoms with Gasteiger partial charge in [-0.2, -0.15) is 13.2 Å². The second-order valence-electron chi connectivity index (χ2n) is 4.45. The Morgan fingerprint density at radius 1 is 1.50 bits per heavy atom. The second kappa shape index (κ2) is 4.61. The van der Waals surface area contributed by atoms with E-state index in [1.807, 2.05) is 6.92 Å². The average Bonchev–Trinajstić information content (AvgIpc) is 2.92. The average molecular weight is 239 g/mol. The number of hydrogen-bond acceptors (Lipinski definition) is 2. The molecule has 16 heavy (non-hydrogen) atoms. The molecule has 94 valence electrons. The van der Waals surface area contributed by atoms with E-state index in [4.69, 9.17) is 5.11 Å². The Labute approximate surface area is 92.2 Å². The molecule has 0 aromatic heterocycles. The van der Waals surface area contributed by atoms with Crippen molar-refractivity contribution in [3.63, 3.8) is 0 Å². The van der Waals surface area contributed by atoms with Gasteiger partial charge in [0.2, 0.25) is 0 Å². The first-order valence-electron chi connectivity index (χ1n) is 5.23. The van der Waals surface area contributed by atoms with E-state index in [2.05, 4.69) is 0 Å². The molecule has 1 saturated carbocycles. The van der Waals surface area contributed by atoms with Crippen molar-refractivity contribution in [2.24, 2.45) is 11.8 Å². The van der Waals surface area contributed by atoms with Crippen LogP contribution in [-0.4, -0.2) is 41.8 Å². The number of halogens is 3. The van der Waals surface area contributed by atoms with Crippen LogP contribution in [0.4, 0.5) is 13.2 Å². The molecular formula is C10H16F3NO2. The molecule has 0 heterocycles. The van der Waals surface area contributed by atoms with E-state index in [1.54, 1.807) is 7.05 Å². The van der Waals surface area contributed by atoms with Crippen LogP contribution in [0.1, 0.15) is 19.8 Å². The first-order chi connectivity index (χ1) is 7.23. The highest BCUT2D eigenvalue weighted by atomic mass is 19.4. The topological polar surface area (TPSA) is 40.5 Å². The van der Waals surface area contributed by atoms with Gasteiger partial charge in [0.1, 0.15) is 0 Å². The smallest absolute Gasteiger partial charge is 0.403 e. The molecule has 2 atom stereocenters. The van der Waals surface area contributed by atoms with Crippen molar-refractivity contribution in [1.29, 1.82) is 0 Å². The van der Waals surface area contributed by atoms with Crippen LogP contribution >= 0.6 is 0 Å². The first kappa shape index (κ1) is 13.3. The third-order valence-corrected chi connectivity index (χ3v) is 3.16. The lowest BCUT2D eigenvalue weighted by atomic mass is 10.1. The highest BCUT2D eigenvalue weighted by molar-refractivity contribution is 5.71. The highest BCUT2D eigenvalue weighted by Gasteiger charge is 2.46. The maximum atomic E-state index is 12.4. The van der Waals surface area contributed by atoms with Crippen LogP contribution in [0, 0.1) is 11.8 Å². The lowest BCUT2D eigenvalue weighted by molar-refractivity contribution is -0.196. The third-order valence-electron chi connectivity index (χ3n) is 3.16. The van der Waals surface area contributed by atoms with Crippen molar-refractivity contribution in [3.05, 3.63) is 0 Å². The fraction of sp³-hybridized carbons (Fsp3) is 0.900. The van der Waals surface area contributed by atoms with Crippen molar-refractivity contribution < 1.29 is 23.1 Å². The fourth-order valence-electron chi connectivity index (χ4n) is 1.71. The van der Waals surface area contributed by atoms with E-state index in [-0.39, 0.29) is 6.04 Å². The summed E-state index contributed by atoms with van der Waals surface area (Å²) >= 11 is 0. The zero-order valence-electron chi connectivity index (χ0n) is 9.29. The Morgan fingerprint density at radius 2 is 2.00 bits per heavy atom. The van der Waals surface area contributed by atoms with Gasteiger partial charge in [0.05, 0.1) is 0 Å². The molecule has 2 unspecified atom stereocenters. The summed E-state index contributed by atoms with van der Waals surface area (Å²) in [6.45, 7) is 1.36. The predicted octanol–water partition coefficient (Wildman–Crippen LogP) is 1.98. The summed E-state index contributed by atoms with van der Waals surface area (Å²) in [7, 11) is 1.55. The Kier molecular flexibility index (Phi) is 3.83. The first-order valence-corrected chi connectivity index (χ1v) is 5.23. The SMILES string of the molecule is CC(C1CC1)N(C)CC(C(=O)O)C(F)(F)F. The van der Waals surface area contributed by atoms with Crippen LogP contribution in [-0.2, 0) is 4.79 Å². The van der Waals surface area contributed by atoms with Crippen molar-refractivity contribution in [3.8, 4) is 0 Å². The van der Waals surface area contributed by atoms with Gasteiger partial charge < -0.3 is 10.0 Å². The van der Waals surface area contributed by atoms with Crippen molar-refractivity contribution in [2.75, 3.05) is 13.6 Å². The zero-order valence-corrected chi connectivity index (χ0v) is 9.29. The lowest BCUT2D eigenvalue weighted by Crippen LogP contribution is -2.43. The van der Waals surface area contributed by atoms with Crippen molar-refractivity contribution in [2.45, 2.75) is 32.0 Å². The molecule has 1 aliphatic rings. The molecule has 6 heteroatoms. The van der Waals surface area contributed by atoms with Gasteiger partial charge in [-0.1, -0.05) is 0 Å². The molecule has 1 N–H and O–H groups in total. The molecular weight excluding hydrogens is 223 g/mol. The van der Waals surface area contributed by atoms with Gasteiger partial charge >= 0.3 is 12.1 Å². The van der Waals surface area contributed by atoms with Gasteiger partial charge in [0.15, 0.2) is 5.92 Å². The van der Waals surface area contributed by atoms with E-state index in [1.165, 1.54) is 4.90 Å². The van der Waals surface area contributed by atoms with Crippen LogP contribution in [0.15, 0.2) is 0 Å². The van der Waals surface area contributed by atoms with Gasteiger partial charge in [-0.3, -0.25) is 4.79 Å². The van der Waals surface area contributed by atoms with Gasteiger partial charge in [-0.05, 0) is 32.7 Å². The minimum absolute atomic E-state index is 0.0178. The second-order valence-corrected chi connectivity index (χ2v) is 4.45. The van der Waals surface area contributed by atoms with Crippen molar-refractivity contribution in [1.82, 2.24) is 4.90 Å². The highest BCUT2D eigenvalue weighted by Crippen LogP contribution is 2.36. The van der Waals surface area contributed by atoms with Crippen LogP contribution in [0.2, 0.25) is 0 Å². The van der Waals surface area contributed by atoms with Crippen LogP contribution in [0.5, 0.6) is 0 Å². The molecule has 1 rings (SSSR count). The van der Waals surface area contributed by atoms with Gasteiger partial charge in [0.25, 0.3) is 0 Å². The molecule has 3 nitrogen and oxygen atoms in total. The number of rotatable bonds is 5. The van der Waals surface area contributed by atoms with Gasteiger partial charge in [-0.15, -0.1) is 0 Å². The Hall–Kier alpha value is -0.780. The number of aliphatic carboxylic acids is 1. The molecule has 0 aromatic rings. The van der Waals surface area contributed by atoms with Crippen LogP contribution in [0.3, 0.4) is 0 Å². The van der Waals surface area contributed by atoms with E-state index in [0.717, 1.165) is 12.8 Å². The maximum absolute atomic E-state index is 12.4. The number of carboxylic acids is 1. The van der Waals surface area contributed by atoms with Crippen LogP contribution < -0.4 is 0 Å². The molecule has 0 amide bonds. The summed E-state index contributed by atoms with van der Waals surface area (Å²) in [5, 5.41) is 8.55. The monoisotopic (exact) mass is 239 g/mol. The Bertz CT molecular complexity index is 263. The van der Waals surface area contributed by atoms with E-state index in [9.17, 15) is 18.0 Å². The quantitative estimate of drug-likeness (QED) is 0.797. The van der Waals surface area contributed by atoms with Gasteiger partial charge in [-0.25, -0.2) is 0 Å². The van der Waals surface area contributed by atoms with Crippen molar-refractivity contribution >= 4 is 5.97 Å². The largest absolute Gasteiger partial charge is 0.481 e. The van der Waals surface area contributed by atoms with Gasteiger partial charge in [0, 0.05) is 12.6 Å². The standard InChI is InChI=1S/C10H16F3NO2/c1-6(7-3-4-7)14(2)5-8(9(15)16)10(11,12)13/h6-8H,3-5H2,1-2H3,(H,15,16). The summed E-state index contributed by atoms with van der Waals surface area (Å²) in [6.07, 6.45) is -2.63. The summed E-state index contributed by atoms with van der Waals surface area (Å²) in [6, 6.07) is 0.0178. The minimum atomic E-state index is -4.68. The Balaban J connectivity index is 2.57. The normalized spacial score (nSPS) is 20.9. The zero-order chi connectivity index (χ0) is 12.5. The fourth-order valence-corrected chi connectivity index (χ4v) is 1.71. The molecule has 0 bridgehead atoms. The number of nitrogens with zero attached hydrogens (tertiary/aromatic N) is 1. The number of carboxylic acid groups (broad SMARTS) is 1. The van der Waals surface area contributed by atoms with E-state index < -0.39 is 24.6 Å². The molecule has 0 radical (unpaired) electrons. The number of alkyl halides is 3. The molecule has 1 fully saturated rings. The molecule has 1 aliphatic carbocycles. The van der Waals surface area contributed by atoms with E-state index >= 15 is 0 Å². The summed E-state index contributed by atoms with van der Waals surface area (Å²) in [5.74, 6) is -3.67.